The third-order valence-corrected chi connectivity index (χ3v) is 13.1. The van der Waals surface area contributed by atoms with Gasteiger partial charge in [0.25, 0.3) is 0 Å². The number of hydrogen-bond donors (Lipinski definition) is 0. The fourth-order valence-electron chi connectivity index (χ4n) is 11.6. The van der Waals surface area contributed by atoms with Crippen LogP contribution >= 0.6 is 0 Å². The number of nitrogens with zero attached hydrogens (tertiary/aromatic N) is 2. The Kier molecular flexibility index (Phi) is 5.14. The van der Waals surface area contributed by atoms with E-state index in [2.05, 4.69) is 137 Å². The van der Waals surface area contributed by atoms with Crippen LogP contribution in [0.3, 0.4) is 0 Å². The highest BCUT2D eigenvalue weighted by Crippen LogP contribution is 2.69. The Hall–Kier alpha value is -5.28. The number of fused-ring (bicyclic) bond motifs is 8. The van der Waals surface area contributed by atoms with Gasteiger partial charge >= 0.3 is 0 Å². The molecule has 0 saturated heterocycles. The summed E-state index contributed by atoms with van der Waals surface area (Å²) in [6.07, 6.45) is 7.03. The zero-order valence-corrected chi connectivity index (χ0v) is 27.3. The first-order valence-corrected chi connectivity index (χ1v) is 18.2. The van der Waals surface area contributed by atoms with E-state index in [0.29, 0.717) is 0 Å². The summed E-state index contributed by atoms with van der Waals surface area (Å²) >= 11 is 0. The van der Waals surface area contributed by atoms with Crippen LogP contribution in [-0.2, 0) is 5.41 Å². The SMILES string of the molecule is c1ccc2c(c1)N(c1ccc3c(c1)c1ccccc1n3-c1ccc3oc4ccccc4c3c1)c1ccccc1C21C2CC3CC(C2)CC1C3. The Morgan fingerprint density at radius 2 is 1.04 bits per heavy atom. The van der Waals surface area contributed by atoms with Gasteiger partial charge in [0.05, 0.1) is 22.4 Å². The molecule has 0 atom stereocenters. The molecule has 0 unspecified atom stereocenters. The van der Waals surface area contributed by atoms with Crippen molar-refractivity contribution in [3.05, 3.63) is 145 Å². The van der Waals surface area contributed by atoms with E-state index < -0.39 is 0 Å². The van der Waals surface area contributed by atoms with E-state index >= 15 is 0 Å². The van der Waals surface area contributed by atoms with Crippen LogP contribution in [0.15, 0.2) is 138 Å². The average Bonchev–Trinajstić information content (AvgIpc) is 3.68. The lowest BCUT2D eigenvalue weighted by Crippen LogP contribution is -2.57. The lowest BCUT2D eigenvalue weighted by atomic mass is 9.41. The van der Waals surface area contributed by atoms with Crippen molar-refractivity contribution >= 4 is 60.8 Å². The molecule has 236 valence electrons. The van der Waals surface area contributed by atoms with Gasteiger partial charge in [-0.2, -0.15) is 0 Å². The molecule has 0 N–H and O–H groups in total. The van der Waals surface area contributed by atoms with Crippen molar-refractivity contribution in [3.63, 3.8) is 0 Å². The standard InChI is InChI=1S/C46H36N2O/c1-5-13-40-34(9-1)36-26-32(17-19-41(36)47(40)33-18-20-45-37(27-33)35-10-2-8-16-44(35)49-45)48-42-14-6-3-11-38(42)46(39-12-4-7-15-43(39)48)30-22-28-21-29(24-30)25-31(46)23-28/h1-20,26-31H,21-25H2. The second kappa shape index (κ2) is 9.45. The van der Waals surface area contributed by atoms with E-state index in [1.807, 2.05) is 6.07 Å². The second-order valence-corrected chi connectivity index (χ2v) is 15.4. The molecule has 1 aliphatic heterocycles. The summed E-state index contributed by atoms with van der Waals surface area (Å²) < 4.78 is 8.63. The molecule has 4 saturated carbocycles. The molecular formula is C46H36N2O. The topological polar surface area (TPSA) is 21.3 Å². The molecule has 3 nitrogen and oxygen atoms in total. The molecule has 13 rings (SSSR count). The van der Waals surface area contributed by atoms with Gasteiger partial charge in [-0.05, 0) is 128 Å². The highest BCUT2D eigenvalue weighted by molar-refractivity contribution is 6.12. The first-order valence-electron chi connectivity index (χ1n) is 18.2. The van der Waals surface area contributed by atoms with Gasteiger partial charge in [-0.1, -0.05) is 72.8 Å². The number of furan rings is 1. The third kappa shape index (κ3) is 3.38. The highest BCUT2D eigenvalue weighted by atomic mass is 16.3. The van der Waals surface area contributed by atoms with Crippen molar-refractivity contribution in [1.29, 1.82) is 0 Å². The Morgan fingerprint density at radius 3 is 1.80 bits per heavy atom. The fraction of sp³-hybridized carbons (Fsp3) is 0.217. The number of benzene rings is 6. The van der Waals surface area contributed by atoms with Crippen LogP contribution in [0.2, 0.25) is 0 Å². The summed E-state index contributed by atoms with van der Waals surface area (Å²) in [6, 6.07) is 49.9. The van der Waals surface area contributed by atoms with Crippen LogP contribution < -0.4 is 4.90 Å². The van der Waals surface area contributed by atoms with Crippen molar-refractivity contribution in [2.24, 2.45) is 23.7 Å². The summed E-state index contributed by atoms with van der Waals surface area (Å²) in [6.45, 7) is 0. The normalized spacial score (nSPS) is 23.2. The Morgan fingerprint density at radius 1 is 0.469 bits per heavy atom. The van der Waals surface area contributed by atoms with E-state index in [1.54, 1.807) is 11.1 Å². The summed E-state index contributed by atoms with van der Waals surface area (Å²) in [4.78, 5) is 2.58. The van der Waals surface area contributed by atoms with Crippen LogP contribution in [0.5, 0.6) is 0 Å². The Bertz CT molecular complexity index is 2580. The van der Waals surface area contributed by atoms with Gasteiger partial charge in [0, 0.05) is 38.3 Å². The van der Waals surface area contributed by atoms with Gasteiger partial charge in [-0.3, -0.25) is 0 Å². The zero-order chi connectivity index (χ0) is 31.8. The van der Waals surface area contributed by atoms with E-state index in [-0.39, 0.29) is 5.41 Å². The van der Waals surface area contributed by atoms with Crippen LogP contribution in [0.25, 0.3) is 49.4 Å². The van der Waals surface area contributed by atoms with Crippen LogP contribution in [0.4, 0.5) is 17.1 Å². The van der Waals surface area contributed by atoms with Crippen molar-refractivity contribution in [2.75, 3.05) is 4.90 Å². The molecule has 0 radical (unpaired) electrons. The smallest absolute Gasteiger partial charge is 0.135 e. The molecule has 6 aromatic carbocycles. The molecule has 4 fully saturated rings. The molecule has 4 aliphatic carbocycles. The molecule has 4 bridgehead atoms. The zero-order valence-electron chi connectivity index (χ0n) is 27.3. The quantitative estimate of drug-likeness (QED) is 0.189. The van der Waals surface area contributed by atoms with Gasteiger partial charge in [0.1, 0.15) is 11.2 Å². The number of rotatable bonds is 2. The van der Waals surface area contributed by atoms with Crippen molar-refractivity contribution in [3.8, 4) is 5.69 Å². The van der Waals surface area contributed by atoms with Crippen molar-refractivity contribution < 1.29 is 4.42 Å². The number of para-hydroxylation sites is 4. The maximum Gasteiger partial charge on any atom is 0.135 e. The van der Waals surface area contributed by atoms with E-state index in [9.17, 15) is 0 Å². The molecule has 1 spiro atoms. The molecule has 5 aliphatic rings. The summed E-state index contributed by atoms with van der Waals surface area (Å²) in [5, 5.41) is 4.85. The molecule has 0 amide bonds. The monoisotopic (exact) mass is 632 g/mol. The van der Waals surface area contributed by atoms with Crippen molar-refractivity contribution in [1.82, 2.24) is 4.57 Å². The maximum atomic E-state index is 6.20. The lowest BCUT2D eigenvalue weighted by Gasteiger charge is -2.64. The maximum absolute atomic E-state index is 6.20. The van der Waals surface area contributed by atoms with Crippen LogP contribution in [0, 0.1) is 23.7 Å². The Balaban J connectivity index is 1.07. The number of aromatic nitrogens is 1. The first-order chi connectivity index (χ1) is 24.3. The minimum Gasteiger partial charge on any atom is -0.456 e. The van der Waals surface area contributed by atoms with Gasteiger partial charge < -0.3 is 13.9 Å². The lowest BCUT2D eigenvalue weighted by molar-refractivity contribution is -0.0419. The molecule has 49 heavy (non-hydrogen) atoms. The van der Waals surface area contributed by atoms with Gasteiger partial charge in [-0.25, -0.2) is 0 Å². The highest BCUT2D eigenvalue weighted by Gasteiger charge is 2.61. The molecule has 2 aromatic heterocycles. The fourth-order valence-corrected chi connectivity index (χ4v) is 11.6. The second-order valence-electron chi connectivity index (χ2n) is 15.4. The number of hydrogen-bond acceptors (Lipinski definition) is 2. The predicted molar refractivity (Wildman–Crippen MR) is 201 cm³/mol. The molecule has 8 aromatic rings. The first kappa shape index (κ1) is 26.6. The Labute approximate surface area is 285 Å². The van der Waals surface area contributed by atoms with Gasteiger partial charge in [-0.15, -0.1) is 0 Å². The van der Waals surface area contributed by atoms with Gasteiger partial charge in [0.15, 0.2) is 0 Å². The summed E-state index contributed by atoms with van der Waals surface area (Å²) in [5.74, 6) is 3.33. The average molecular weight is 633 g/mol. The predicted octanol–water partition coefficient (Wildman–Crippen LogP) is 12.2. The summed E-state index contributed by atoms with van der Waals surface area (Å²) in [5.41, 5.74) is 12.6. The van der Waals surface area contributed by atoms with Crippen LogP contribution in [0.1, 0.15) is 43.2 Å². The minimum absolute atomic E-state index is 0.118. The number of anilines is 3. The van der Waals surface area contributed by atoms with E-state index in [0.717, 1.165) is 51.3 Å². The molecule has 3 heterocycles. The summed E-state index contributed by atoms with van der Waals surface area (Å²) in [7, 11) is 0. The van der Waals surface area contributed by atoms with Gasteiger partial charge in [0.2, 0.25) is 0 Å². The van der Waals surface area contributed by atoms with E-state index in [4.69, 9.17) is 4.42 Å². The van der Waals surface area contributed by atoms with Crippen molar-refractivity contribution in [2.45, 2.75) is 37.5 Å². The molecular weight excluding hydrogens is 597 g/mol. The molecule has 3 heteroatoms. The van der Waals surface area contributed by atoms with Crippen LogP contribution in [-0.4, -0.2) is 4.57 Å². The van der Waals surface area contributed by atoms with E-state index in [1.165, 1.54) is 71.0 Å². The third-order valence-electron chi connectivity index (χ3n) is 13.1. The largest absolute Gasteiger partial charge is 0.456 e. The minimum atomic E-state index is 0.118.